The smallest absolute Gasteiger partial charge is 0.265 e. The molecule has 108 valence electrons. The quantitative estimate of drug-likeness (QED) is 0.933. The number of anilines is 1. The van der Waals surface area contributed by atoms with Crippen molar-refractivity contribution >= 4 is 38.9 Å². The Bertz CT molecular complexity index is 721. The maximum absolute atomic E-state index is 12.3. The van der Waals surface area contributed by atoms with Crippen LogP contribution in [0.25, 0.3) is 0 Å². The second-order valence-electron chi connectivity index (χ2n) is 4.17. The molecule has 0 amide bonds. The van der Waals surface area contributed by atoms with Gasteiger partial charge in [0.1, 0.15) is 4.90 Å². The SMILES string of the molecule is CCn1ncc(S(=O)(=O)Nc2cc(Cl)cc(Cl)c2)c1C. The first-order valence-corrected chi connectivity index (χ1v) is 8.08. The Kier molecular flexibility index (Phi) is 4.27. The van der Waals surface area contributed by atoms with Crippen LogP contribution in [0.2, 0.25) is 10.0 Å². The Balaban J connectivity index is 2.38. The average Bonchev–Trinajstić information content (AvgIpc) is 2.68. The highest BCUT2D eigenvalue weighted by molar-refractivity contribution is 7.92. The molecule has 0 radical (unpaired) electrons. The molecule has 5 nitrogen and oxygen atoms in total. The van der Waals surface area contributed by atoms with Crippen LogP contribution in [0.3, 0.4) is 0 Å². The predicted octanol–water partition coefficient (Wildman–Crippen LogP) is 3.32. The standard InChI is InChI=1S/C12H13Cl2N3O2S/c1-3-17-8(2)12(7-15-17)20(18,19)16-11-5-9(13)4-10(14)6-11/h4-7,16H,3H2,1-2H3. The molecule has 1 heterocycles. The molecule has 0 fully saturated rings. The number of aryl methyl sites for hydroxylation is 1. The fourth-order valence-electron chi connectivity index (χ4n) is 1.83. The topological polar surface area (TPSA) is 64.0 Å². The van der Waals surface area contributed by atoms with Gasteiger partial charge >= 0.3 is 0 Å². The zero-order valence-corrected chi connectivity index (χ0v) is 13.2. The minimum atomic E-state index is -3.72. The van der Waals surface area contributed by atoms with E-state index in [4.69, 9.17) is 23.2 Å². The molecular weight excluding hydrogens is 321 g/mol. The van der Waals surface area contributed by atoms with Gasteiger partial charge in [-0.25, -0.2) is 8.42 Å². The van der Waals surface area contributed by atoms with Crippen molar-refractivity contribution in [1.82, 2.24) is 9.78 Å². The first-order chi connectivity index (χ1) is 9.33. The molecule has 0 aliphatic rings. The zero-order valence-electron chi connectivity index (χ0n) is 10.9. The van der Waals surface area contributed by atoms with Crippen LogP contribution >= 0.6 is 23.2 Å². The summed E-state index contributed by atoms with van der Waals surface area (Å²) in [6.07, 6.45) is 1.33. The Labute approximate surface area is 127 Å². The van der Waals surface area contributed by atoms with Crippen LogP contribution < -0.4 is 4.72 Å². The van der Waals surface area contributed by atoms with Crippen LogP contribution in [0.15, 0.2) is 29.3 Å². The first-order valence-electron chi connectivity index (χ1n) is 5.85. The zero-order chi connectivity index (χ0) is 14.9. The van der Waals surface area contributed by atoms with Gasteiger partial charge in [0.15, 0.2) is 0 Å². The molecule has 0 atom stereocenters. The average molecular weight is 334 g/mol. The molecular formula is C12H13Cl2N3O2S. The van der Waals surface area contributed by atoms with Crippen LogP contribution in [-0.4, -0.2) is 18.2 Å². The Hall–Kier alpha value is -1.24. The summed E-state index contributed by atoms with van der Waals surface area (Å²) in [5.74, 6) is 0. The van der Waals surface area contributed by atoms with Gasteiger partial charge < -0.3 is 0 Å². The molecule has 2 aromatic rings. The molecule has 20 heavy (non-hydrogen) atoms. The van der Waals surface area contributed by atoms with Crippen molar-refractivity contribution < 1.29 is 8.42 Å². The van der Waals surface area contributed by atoms with Gasteiger partial charge in [-0.15, -0.1) is 0 Å². The fraction of sp³-hybridized carbons (Fsp3) is 0.250. The van der Waals surface area contributed by atoms with Gasteiger partial charge in [0.25, 0.3) is 10.0 Å². The number of benzene rings is 1. The van der Waals surface area contributed by atoms with Crippen molar-refractivity contribution in [2.45, 2.75) is 25.3 Å². The van der Waals surface area contributed by atoms with Gasteiger partial charge in [-0.05, 0) is 32.0 Å². The van der Waals surface area contributed by atoms with Gasteiger partial charge in [0.2, 0.25) is 0 Å². The van der Waals surface area contributed by atoms with Crippen molar-refractivity contribution in [3.8, 4) is 0 Å². The van der Waals surface area contributed by atoms with E-state index >= 15 is 0 Å². The predicted molar refractivity (Wildman–Crippen MR) is 79.9 cm³/mol. The van der Waals surface area contributed by atoms with E-state index in [0.717, 1.165) is 0 Å². The van der Waals surface area contributed by atoms with Gasteiger partial charge in [0, 0.05) is 16.6 Å². The van der Waals surface area contributed by atoms with Crippen molar-refractivity contribution in [3.63, 3.8) is 0 Å². The lowest BCUT2D eigenvalue weighted by molar-refractivity contribution is 0.598. The fourth-order valence-corrected chi connectivity index (χ4v) is 3.58. The van der Waals surface area contributed by atoms with Crippen molar-refractivity contribution in [3.05, 3.63) is 40.1 Å². The number of nitrogens with one attached hydrogen (secondary N) is 1. The summed E-state index contributed by atoms with van der Waals surface area (Å²) < 4.78 is 28.7. The summed E-state index contributed by atoms with van der Waals surface area (Å²) in [5, 5.41) is 4.74. The molecule has 8 heteroatoms. The van der Waals surface area contributed by atoms with E-state index in [0.29, 0.717) is 28.0 Å². The number of hydrogen-bond acceptors (Lipinski definition) is 3. The number of sulfonamides is 1. The van der Waals surface area contributed by atoms with Crippen molar-refractivity contribution in [2.24, 2.45) is 0 Å². The maximum atomic E-state index is 12.3. The number of hydrogen-bond donors (Lipinski definition) is 1. The van der Waals surface area contributed by atoms with Crippen LogP contribution in [0.4, 0.5) is 5.69 Å². The van der Waals surface area contributed by atoms with Crippen molar-refractivity contribution in [2.75, 3.05) is 4.72 Å². The molecule has 0 spiro atoms. The van der Waals surface area contributed by atoms with Gasteiger partial charge in [-0.2, -0.15) is 5.10 Å². The highest BCUT2D eigenvalue weighted by Crippen LogP contribution is 2.25. The number of rotatable bonds is 4. The summed E-state index contributed by atoms with van der Waals surface area (Å²) >= 11 is 11.7. The summed E-state index contributed by atoms with van der Waals surface area (Å²) in [7, 11) is -3.72. The molecule has 0 unspecified atom stereocenters. The van der Waals surface area contributed by atoms with Crippen LogP contribution in [-0.2, 0) is 16.6 Å². The Morgan fingerprint density at radius 3 is 2.35 bits per heavy atom. The lowest BCUT2D eigenvalue weighted by atomic mass is 10.3. The third-order valence-electron chi connectivity index (χ3n) is 2.76. The van der Waals surface area contributed by atoms with Crippen LogP contribution in [0.5, 0.6) is 0 Å². The lowest BCUT2D eigenvalue weighted by Crippen LogP contribution is -2.14. The Morgan fingerprint density at radius 1 is 1.25 bits per heavy atom. The minimum Gasteiger partial charge on any atom is -0.279 e. The van der Waals surface area contributed by atoms with Gasteiger partial charge in [-0.1, -0.05) is 23.2 Å². The van der Waals surface area contributed by atoms with Crippen LogP contribution in [0, 0.1) is 6.92 Å². The summed E-state index contributed by atoms with van der Waals surface area (Å²) in [5.41, 5.74) is 0.888. The summed E-state index contributed by atoms with van der Waals surface area (Å²) in [6.45, 7) is 4.20. The van der Waals surface area contributed by atoms with E-state index in [1.165, 1.54) is 24.4 Å². The highest BCUT2D eigenvalue weighted by atomic mass is 35.5. The van der Waals surface area contributed by atoms with E-state index in [1.807, 2.05) is 6.92 Å². The van der Waals surface area contributed by atoms with E-state index in [1.54, 1.807) is 11.6 Å². The lowest BCUT2D eigenvalue weighted by Gasteiger charge is -2.08. The third-order valence-corrected chi connectivity index (χ3v) is 4.68. The third kappa shape index (κ3) is 3.08. The monoisotopic (exact) mass is 333 g/mol. The normalized spacial score (nSPS) is 11.6. The van der Waals surface area contributed by atoms with E-state index in [9.17, 15) is 8.42 Å². The first kappa shape index (κ1) is 15.2. The summed E-state index contributed by atoms with van der Waals surface area (Å²) in [6, 6.07) is 4.51. The maximum Gasteiger partial charge on any atom is 0.265 e. The molecule has 1 aromatic carbocycles. The molecule has 1 aromatic heterocycles. The van der Waals surface area contributed by atoms with Crippen molar-refractivity contribution in [1.29, 1.82) is 0 Å². The van der Waals surface area contributed by atoms with E-state index in [2.05, 4.69) is 9.82 Å². The van der Waals surface area contributed by atoms with E-state index < -0.39 is 10.0 Å². The Morgan fingerprint density at radius 2 is 1.85 bits per heavy atom. The second kappa shape index (κ2) is 5.63. The molecule has 0 saturated heterocycles. The molecule has 0 aliphatic heterocycles. The van der Waals surface area contributed by atoms with Gasteiger partial charge in [0.05, 0.1) is 17.6 Å². The number of nitrogens with zero attached hydrogens (tertiary/aromatic N) is 2. The largest absolute Gasteiger partial charge is 0.279 e. The molecule has 2 rings (SSSR count). The molecule has 0 bridgehead atoms. The number of aromatic nitrogens is 2. The number of halogens is 2. The molecule has 0 aliphatic carbocycles. The van der Waals surface area contributed by atoms with E-state index in [-0.39, 0.29) is 4.90 Å². The van der Waals surface area contributed by atoms with Gasteiger partial charge in [-0.3, -0.25) is 9.40 Å². The summed E-state index contributed by atoms with van der Waals surface area (Å²) in [4.78, 5) is 0.135. The molecule has 0 saturated carbocycles. The molecule has 1 N–H and O–H groups in total. The minimum absolute atomic E-state index is 0.135. The highest BCUT2D eigenvalue weighted by Gasteiger charge is 2.20. The van der Waals surface area contributed by atoms with Crippen LogP contribution in [0.1, 0.15) is 12.6 Å². The second-order valence-corrected chi connectivity index (χ2v) is 6.70.